The molecule has 0 aliphatic carbocycles. The van der Waals surface area contributed by atoms with Crippen molar-refractivity contribution in [2.45, 2.75) is 6.04 Å². The van der Waals surface area contributed by atoms with Crippen LogP contribution in [0.1, 0.15) is 27.0 Å². The molecule has 2 aromatic heterocycles. The van der Waals surface area contributed by atoms with Crippen molar-refractivity contribution in [3.63, 3.8) is 0 Å². The van der Waals surface area contributed by atoms with Crippen LogP contribution in [0.15, 0.2) is 70.7 Å². The monoisotopic (exact) mass is 410 g/mol. The predicted octanol–water partition coefficient (Wildman–Crippen LogP) is 1.98. The average molecular weight is 411 g/mol. The number of nitrogens with two attached hydrogens (primary N) is 1. The Morgan fingerprint density at radius 1 is 0.966 bits per heavy atom. The number of thiophene rings is 1. The van der Waals surface area contributed by atoms with Gasteiger partial charge in [0.25, 0.3) is 11.8 Å². The lowest BCUT2D eigenvalue weighted by atomic mass is 10.0. The normalized spacial score (nSPS) is 15.3. The molecule has 3 aromatic rings. The lowest BCUT2D eigenvalue weighted by Gasteiger charge is -2.34. The summed E-state index contributed by atoms with van der Waals surface area (Å²) in [6.45, 7) is 2.62. The van der Waals surface area contributed by atoms with E-state index in [0.29, 0.717) is 32.7 Å². The Kier molecular flexibility index (Phi) is 6.07. The van der Waals surface area contributed by atoms with Crippen molar-refractivity contribution < 1.29 is 19.3 Å². The van der Waals surface area contributed by atoms with Crippen LogP contribution < -0.4 is 5.32 Å². The molecule has 1 aromatic carbocycles. The Morgan fingerprint density at radius 3 is 2.38 bits per heavy atom. The van der Waals surface area contributed by atoms with E-state index in [-0.39, 0.29) is 17.9 Å². The molecule has 6 nitrogen and oxygen atoms in total. The molecule has 0 unspecified atom stereocenters. The molecule has 4 rings (SSSR count). The van der Waals surface area contributed by atoms with E-state index in [4.69, 9.17) is 4.42 Å². The summed E-state index contributed by atoms with van der Waals surface area (Å²) < 4.78 is 5.60. The molecule has 2 N–H and O–H groups in total. The Bertz CT molecular complexity index is 918. The van der Waals surface area contributed by atoms with Crippen LogP contribution in [0.4, 0.5) is 0 Å². The number of quaternary nitrogens is 1. The van der Waals surface area contributed by atoms with Gasteiger partial charge in [0.2, 0.25) is 0 Å². The van der Waals surface area contributed by atoms with Crippen molar-refractivity contribution in [3.05, 3.63) is 82.4 Å². The molecule has 2 amide bonds. The third kappa shape index (κ3) is 4.58. The molecule has 0 spiro atoms. The molecule has 0 radical (unpaired) electrons. The summed E-state index contributed by atoms with van der Waals surface area (Å²) in [6, 6.07) is 17.5. The highest BCUT2D eigenvalue weighted by atomic mass is 32.1. The fourth-order valence-electron chi connectivity index (χ4n) is 3.61. The van der Waals surface area contributed by atoms with Crippen molar-refractivity contribution in [1.82, 2.24) is 9.80 Å². The lowest BCUT2D eigenvalue weighted by molar-refractivity contribution is -0.679. The first-order chi connectivity index (χ1) is 14.2. The first-order valence-electron chi connectivity index (χ1n) is 9.74. The van der Waals surface area contributed by atoms with Gasteiger partial charge >= 0.3 is 0 Å². The minimum atomic E-state index is -0.0585. The van der Waals surface area contributed by atoms with E-state index in [0.717, 1.165) is 16.2 Å². The van der Waals surface area contributed by atoms with Crippen LogP contribution in [0.5, 0.6) is 0 Å². The van der Waals surface area contributed by atoms with Gasteiger partial charge in [-0.2, -0.15) is 0 Å². The van der Waals surface area contributed by atoms with Crippen LogP contribution in [0.3, 0.4) is 0 Å². The van der Waals surface area contributed by atoms with Crippen molar-refractivity contribution in [1.29, 1.82) is 0 Å². The average Bonchev–Trinajstić information content (AvgIpc) is 3.49. The van der Waals surface area contributed by atoms with Crippen LogP contribution >= 0.6 is 11.3 Å². The van der Waals surface area contributed by atoms with Crippen LogP contribution in [-0.4, -0.2) is 54.3 Å². The summed E-state index contributed by atoms with van der Waals surface area (Å²) in [4.78, 5) is 29.7. The number of hydrogen-bond acceptors (Lipinski definition) is 4. The number of carbonyl (C=O) groups is 2. The Balaban J connectivity index is 1.33. The van der Waals surface area contributed by atoms with E-state index in [1.807, 2.05) is 75.1 Å². The SMILES string of the molecule is O=C(C[NH2+][C@H](c1ccccc1)c1ccco1)N1CCN(C(=O)c2cccs2)CC1. The van der Waals surface area contributed by atoms with Crippen molar-refractivity contribution in [2.24, 2.45) is 0 Å². The predicted molar refractivity (Wildman–Crippen MR) is 111 cm³/mol. The Hall–Kier alpha value is -2.90. The van der Waals surface area contributed by atoms with Crippen LogP contribution in [0.2, 0.25) is 0 Å². The topological polar surface area (TPSA) is 70.4 Å². The van der Waals surface area contributed by atoms with Crippen LogP contribution in [0.25, 0.3) is 0 Å². The van der Waals surface area contributed by atoms with Gasteiger partial charge in [0.05, 0.1) is 11.1 Å². The first kappa shape index (κ1) is 19.4. The molecule has 1 aliphatic rings. The molecular weight excluding hydrogens is 386 g/mol. The molecule has 0 saturated carbocycles. The Morgan fingerprint density at radius 2 is 1.72 bits per heavy atom. The number of carbonyl (C=O) groups excluding carboxylic acids is 2. The molecule has 7 heteroatoms. The minimum Gasteiger partial charge on any atom is -0.463 e. The van der Waals surface area contributed by atoms with Crippen LogP contribution in [0, 0.1) is 0 Å². The zero-order valence-electron chi connectivity index (χ0n) is 16.1. The first-order valence-corrected chi connectivity index (χ1v) is 10.6. The maximum absolute atomic E-state index is 12.8. The lowest BCUT2D eigenvalue weighted by Crippen LogP contribution is -2.88. The summed E-state index contributed by atoms with van der Waals surface area (Å²) in [5.41, 5.74) is 1.10. The molecule has 1 atom stereocenters. The second kappa shape index (κ2) is 9.07. The summed E-state index contributed by atoms with van der Waals surface area (Å²) in [5, 5.41) is 3.92. The van der Waals surface area contributed by atoms with Gasteiger partial charge in [-0.1, -0.05) is 36.4 Å². The summed E-state index contributed by atoms with van der Waals surface area (Å²) in [7, 11) is 0. The number of piperazine rings is 1. The third-order valence-electron chi connectivity index (χ3n) is 5.19. The highest BCUT2D eigenvalue weighted by Crippen LogP contribution is 2.18. The number of furan rings is 1. The quantitative estimate of drug-likeness (QED) is 0.676. The van der Waals surface area contributed by atoms with Crippen molar-refractivity contribution >= 4 is 23.2 Å². The molecule has 0 bridgehead atoms. The zero-order valence-corrected chi connectivity index (χ0v) is 16.9. The van der Waals surface area contributed by atoms with Gasteiger partial charge in [-0.15, -0.1) is 11.3 Å². The smallest absolute Gasteiger partial charge is 0.277 e. The molecule has 150 valence electrons. The van der Waals surface area contributed by atoms with Gasteiger partial charge in [-0.3, -0.25) is 9.59 Å². The Labute approximate surface area is 173 Å². The molecule has 29 heavy (non-hydrogen) atoms. The second-order valence-electron chi connectivity index (χ2n) is 6.99. The van der Waals surface area contributed by atoms with Gasteiger partial charge in [0, 0.05) is 31.7 Å². The van der Waals surface area contributed by atoms with E-state index in [1.165, 1.54) is 11.3 Å². The van der Waals surface area contributed by atoms with Gasteiger partial charge < -0.3 is 19.5 Å². The second-order valence-corrected chi connectivity index (χ2v) is 7.94. The number of amides is 2. The summed E-state index contributed by atoms with van der Waals surface area (Å²) in [5.74, 6) is 0.969. The number of nitrogens with zero attached hydrogens (tertiary/aromatic N) is 2. The van der Waals surface area contributed by atoms with E-state index >= 15 is 0 Å². The van der Waals surface area contributed by atoms with Gasteiger partial charge in [0.15, 0.2) is 18.3 Å². The van der Waals surface area contributed by atoms with Crippen LogP contribution in [-0.2, 0) is 4.79 Å². The molecular formula is C22H24N3O3S+. The largest absolute Gasteiger partial charge is 0.463 e. The third-order valence-corrected chi connectivity index (χ3v) is 6.05. The minimum absolute atomic E-state index is 0.0561. The van der Waals surface area contributed by atoms with Gasteiger partial charge in [0.1, 0.15) is 0 Å². The van der Waals surface area contributed by atoms with Gasteiger partial charge in [-0.05, 0) is 23.6 Å². The number of benzene rings is 1. The van der Waals surface area contributed by atoms with Crippen molar-refractivity contribution in [3.8, 4) is 0 Å². The number of rotatable bonds is 6. The van der Waals surface area contributed by atoms with E-state index in [9.17, 15) is 9.59 Å². The maximum atomic E-state index is 12.8. The standard InChI is InChI=1S/C22H23N3O3S/c26-20(24-10-12-25(13-11-24)22(27)19-9-5-15-29-19)16-23-21(18-8-4-14-28-18)17-6-2-1-3-7-17/h1-9,14-15,21,23H,10-13,16H2/p+1/t21-/m1/s1. The zero-order chi connectivity index (χ0) is 20.1. The van der Waals surface area contributed by atoms with E-state index in [1.54, 1.807) is 6.26 Å². The molecule has 3 heterocycles. The molecule has 1 aliphatic heterocycles. The van der Waals surface area contributed by atoms with Gasteiger partial charge in [-0.25, -0.2) is 0 Å². The fourth-order valence-corrected chi connectivity index (χ4v) is 4.30. The highest BCUT2D eigenvalue weighted by Gasteiger charge is 2.27. The van der Waals surface area contributed by atoms with Crippen molar-refractivity contribution in [2.75, 3.05) is 32.7 Å². The summed E-state index contributed by atoms with van der Waals surface area (Å²) >= 11 is 1.45. The molecule has 1 fully saturated rings. The number of hydrogen-bond donors (Lipinski definition) is 1. The molecule has 1 saturated heterocycles. The maximum Gasteiger partial charge on any atom is 0.277 e. The van der Waals surface area contributed by atoms with E-state index < -0.39 is 0 Å². The van der Waals surface area contributed by atoms with E-state index in [2.05, 4.69) is 0 Å². The highest BCUT2D eigenvalue weighted by molar-refractivity contribution is 7.12. The summed E-state index contributed by atoms with van der Waals surface area (Å²) in [6.07, 6.45) is 1.66. The fraction of sp³-hybridized carbons (Fsp3) is 0.273.